The molecule has 0 fully saturated rings. The molecule has 8 heteroatoms. The summed E-state index contributed by atoms with van der Waals surface area (Å²) < 4.78 is 31.4. The average molecular weight is 431 g/mol. The number of nitrogens with zero attached hydrogens (tertiary/aromatic N) is 2. The van der Waals surface area contributed by atoms with E-state index in [4.69, 9.17) is 4.74 Å². The standard InChI is InChI=1S/C23H27F2N3O3/c1-5-26-21(29)11-19-18-12-28(22(30)17(18)8-9-27-19)15(3)16-6-7-20(14(2)10-16)31-13-23(4,24)25/h6-10,15H,5,11-13H2,1-4H3,(H,26,29). The molecule has 0 bridgehead atoms. The second-order valence-corrected chi connectivity index (χ2v) is 7.91. The predicted octanol–water partition coefficient (Wildman–Crippen LogP) is 3.82. The van der Waals surface area contributed by atoms with E-state index in [1.807, 2.05) is 19.9 Å². The van der Waals surface area contributed by atoms with Crippen molar-refractivity contribution in [3.8, 4) is 5.75 Å². The summed E-state index contributed by atoms with van der Waals surface area (Å²) in [5, 5.41) is 2.75. The van der Waals surface area contributed by atoms with Gasteiger partial charge in [0.15, 0.2) is 6.61 Å². The average Bonchev–Trinajstić information content (AvgIpc) is 3.04. The number of amides is 2. The highest BCUT2D eigenvalue weighted by atomic mass is 19.3. The summed E-state index contributed by atoms with van der Waals surface area (Å²) >= 11 is 0. The van der Waals surface area contributed by atoms with Gasteiger partial charge in [-0.3, -0.25) is 14.6 Å². The van der Waals surface area contributed by atoms with Crippen LogP contribution in [0.2, 0.25) is 0 Å². The lowest BCUT2D eigenvalue weighted by Crippen LogP contribution is -2.27. The topological polar surface area (TPSA) is 71.5 Å². The zero-order valence-electron chi connectivity index (χ0n) is 18.2. The van der Waals surface area contributed by atoms with E-state index in [2.05, 4.69) is 10.3 Å². The molecule has 0 spiro atoms. The Bertz CT molecular complexity index is 989. The summed E-state index contributed by atoms with van der Waals surface area (Å²) in [6.45, 7) is 6.56. The molecule has 166 valence electrons. The van der Waals surface area contributed by atoms with Crippen LogP contribution < -0.4 is 10.1 Å². The lowest BCUT2D eigenvalue weighted by molar-refractivity contribution is -0.120. The maximum absolute atomic E-state index is 13.1. The fourth-order valence-electron chi connectivity index (χ4n) is 3.67. The Kier molecular flexibility index (Phi) is 6.57. The van der Waals surface area contributed by atoms with Crippen LogP contribution in [-0.4, -0.2) is 40.8 Å². The molecule has 1 aliphatic rings. The van der Waals surface area contributed by atoms with Crippen molar-refractivity contribution in [2.45, 2.75) is 52.6 Å². The van der Waals surface area contributed by atoms with E-state index in [1.165, 1.54) is 0 Å². The normalized spacial score (nSPS) is 14.4. The molecule has 1 atom stereocenters. The Morgan fingerprint density at radius 3 is 2.74 bits per heavy atom. The van der Waals surface area contributed by atoms with Gasteiger partial charge in [0.05, 0.1) is 18.2 Å². The predicted molar refractivity (Wildman–Crippen MR) is 112 cm³/mol. The van der Waals surface area contributed by atoms with Gasteiger partial charge >= 0.3 is 0 Å². The molecule has 1 N–H and O–H groups in total. The van der Waals surface area contributed by atoms with Gasteiger partial charge in [-0.1, -0.05) is 12.1 Å². The number of ether oxygens (including phenoxy) is 1. The molecule has 0 saturated heterocycles. The maximum atomic E-state index is 13.1. The van der Waals surface area contributed by atoms with E-state index in [9.17, 15) is 18.4 Å². The third-order valence-electron chi connectivity index (χ3n) is 5.30. The number of hydrogen-bond donors (Lipinski definition) is 1. The number of alkyl halides is 2. The highest BCUT2D eigenvalue weighted by Crippen LogP contribution is 2.34. The number of pyridine rings is 1. The molecule has 2 aromatic rings. The monoisotopic (exact) mass is 431 g/mol. The number of benzene rings is 1. The van der Waals surface area contributed by atoms with Gasteiger partial charge < -0.3 is 15.0 Å². The first kappa shape index (κ1) is 22.7. The second kappa shape index (κ2) is 8.99. The van der Waals surface area contributed by atoms with E-state index in [1.54, 1.807) is 36.2 Å². The molecule has 0 saturated carbocycles. The number of halogens is 2. The molecule has 6 nitrogen and oxygen atoms in total. The molecule has 0 aliphatic carbocycles. The van der Waals surface area contributed by atoms with E-state index in [-0.39, 0.29) is 24.3 Å². The van der Waals surface area contributed by atoms with Crippen molar-refractivity contribution in [3.63, 3.8) is 0 Å². The Morgan fingerprint density at radius 2 is 2.10 bits per heavy atom. The van der Waals surface area contributed by atoms with Crippen LogP contribution in [-0.2, 0) is 17.8 Å². The first-order chi connectivity index (χ1) is 14.6. The maximum Gasteiger partial charge on any atom is 0.278 e. The molecule has 3 rings (SSSR count). The quantitative estimate of drug-likeness (QED) is 0.690. The Balaban J connectivity index is 1.78. The number of carbonyl (C=O) groups is 2. The smallest absolute Gasteiger partial charge is 0.278 e. The molecule has 1 aliphatic heterocycles. The largest absolute Gasteiger partial charge is 0.487 e. The molecule has 2 amide bonds. The molecule has 1 aromatic heterocycles. The minimum Gasteiger partial charge on any atom is -0.487 e. The first-order valence-electron chi connectivity index (χ1n) is 10.3. The van der Waals surface area contributed by atoms with Crippen LogP contribution >= 0.6 is 0 Å². The van der Waals surface area contributed by atoms with Gasteiger partial charge in [0.25, 0.3) is 11.8 Å². The molecule has 0 radical (unpaired) electrons. The Labute approximate surface area is 180 Å². The highest BCUT2D eigenvalue weighted by Gasteiger charge is 2.34. The van der Waals surface area contributed by atoms with E-state index in [0.29, 0.717) is 30.1 Å². The Hall–Kier alpha value is -3.03. The summed E-state index contributed by atoms with van der Waals surface area (Å²) in [6.07, 6.45) is 1.68. The van der Waals surface area contributed by atoms with Gasteiger partial charge in [0.1, 0.15) is 5.75 Å². The summed E-state index contributed by atoms with van der Waals surface area (Å²) in [6, 6.07) is 6.71. The fraction of sp³-hybridized carbons (Fsp3) is 0.435. The summed E-state index contributed by atoms with van der Waals surface area (Å²) in [5.74, 6) is -2.77. The van der Waals surface area contributed by atoms with Gasteiger partial charge in [-0.25, -0.2) is 8.78 Å². The highest BCUT2D eigenvalue weighted by molar-refractivity contribution is 5.99. The van der Waals surface area contributed by atoms with Gasteiger partial charge in [0, 0.05) is 37.3 Å². The minimum atomic E-state index is -2.91. The van der Waals surface area contributed by atoms with E-state index < -0.39 is 12.5 Å². The van der Waals surface area contributed by atoms with Crippen molar-refractivity contribution < 1.29 is 23.1 Å². The first-order valence-corrected chi connectivity index (χ1v) is 10.3. The fourth-order valence-corrected chi connectivity index (χ4v) is 3.67. The molecule has 31 heavy (non-hydrogen) atoms. The molecular weight excluding hydrogens is 404 g/mol. The zero-order valence-corrected chi connectivity index (χ0v) is 18.2. The van der Waals surface area contributed by atoms with Crippen LogP contribution in [0.1, 0.15) is 59.6 Å². The SMILES string of the molecule is CCNC(=O)Cc1nccc2c1CN(C(C)c1ccc(OCC(C)(F)F)c(C)c1)C2=O. The lowest BCUT2D eigenvalue weighted by Gasteiger charge is -2.25. The third-order valence-corrected chi connectivity index (χ3v) is 5.30. The van der Waals surface area contributed by atoms with Gasteiger partial charge in [-0.05, 0) is 44.0 Å². The molecule has 2 heterocycles. The number of aryl methyl sites for hydroxylation is 1. The number of carbonyl (C=O) groups excluding carboxylic acids is 2. The van der Waals surface area contributed by atoms with Gasteiger partial charge in [0.2, 0.25) is 5.91 Å². The number of likely N-dealkylation sites (N-methyl/N-ethyl adjacent to an activating group) is 1. The molecule has 1 aromatic carbocycles. The van der Waals surface area contributed by atoms with Crippen molar-refractivity contribution in [1.82, 2.24) is 15.2 Å². The number of rotatable bonds is 8. The third kappa shape index (κ3) is 5.18. The van der Waals surface area contributed by atoms with Crippen LogP contribution in [0, 0.1) is 6.92 Å². The van der Waals surface area contributed by atoms with Crippen LogP contribution in [0.25, 0.3) is 0 Å². The number of aromatic nitrogens is 1. The summed E-state index contributed by atoms with van der Waals surface area (Å²) in [4.78, 5) is 31.1. The van der Waals surface area contributed by atoms with Crippen molar-refractivity contribution in [3.05, 3.63) is 58.4 Å². The van der Waals surface area contributed by atoms with Gasteiger partial charge in [-0.15, -0.1) is 0 Å². The zero-order chi connectivity index (χ0) is 22.8. The van der Waals surface area contributed by atoms with Crippen molar-refractivity contribution in [2.75, 3.05) is 13.2 Å². The summed E-state index contributed by atoms with van der Waals surface area (Å²) in [5.41, 5.74) is 3.52. The number of fused-ring (bicyclic) bond motifs is 1. The van der Waals surface area contributed by atoms with Crippen LogP contribution in [0.4, 0.5) is 8.78 Å². The number of hydrogen-bond acceptors (Lipinski definition) is 4. The lowest BCUT2D eigenvalue weighted by atomic mass is 10.0. The minimum absolute atomic E-state index is 0.120. The number of nitrogens with one attached hydrogen (secondary N) is 1. The van der Waals surface area contributed by atoms with E-state index in [0.717, 1.165) is 23.6 Å². The van der Waals surface area contributed by atoms with Crippen LogP contribution in [0.15, 0.2) is 30.5 Å². The molecular formula is C23H27F2N3O3. The Morgan fingerprint density at radius 1 is 1.35 bits per heavy atom. The van der Waals surface area contributed by atoms with Crippen molar-refractivity contribution >= 4 is 11.8 Å². The van der Waals surface area contributed by atoms with Crippen LogP contribution in [0.3, 0.4) is 0 Å². The summed E-state index contributed by atoms with van der Waals surface area (Å²) in [7, 11) is 0. The van der Waals surface area contributed by atoms with Crippen molar-refractivity contribution in [2.24, 2.45) is 0 Å². The van der Waals surface area contributed by atoms with Crippen LogP contribution in [0.5, 0.6) is 5.75 Å². The van der Waals surface area contributed by atoms with E-state index >= 15 is 0 Å². The second-order valence-electron chi connectivity index (χ2n) is 7.91. The van der Waals surface area contributed by atoms with Crippen molar-refractivity contribution in [1.29, 1.82) is 0 Å². The van der Waals surface area contributed by atoms with Gasteiger partial charge in [-0.2, -0.15) is 0 Å². The molecule has 1 unspecified atom stereocenters.